The Kier molecular flexibility index (Phi) is 6.47. The summed E-state index contributed by atoms with van der Waals surface area (Å²) in [6, 6.07) is 5.04. The molecule has 1 nitrogen and oxygen atoms in total. The molecule has 1 unspecified atom stereocenters. The van der Waals surface area contributed by atoms with E-state index >= 15 is 0 Å². The zero-order valence-corrected chi connectivity index (χ0v) is 14.0. The SMILES string of the molecule is CC(C)CNCC(Cc1ccc(F)c(Cl)c1)C(C)(C)C. The molecule has 0 heterocycles. The molecule has 1 N–H and O–H groups in total. The van der Waals surface area contributed by atoms with E-state index in [0.29, 0.717) is 11.8 Å². The Labute approximate surface area is 127 Å². The Bertz CT molecular complexity index is 423. The molecule has 0 aromatic heterocycles. The van der Waals surface area contributed by atoms with Crippen LogP contribution in [0.2, 0.25) is 5.02 Å². The van der Waals surface area contributed by atoms with Crippen molar-refractivity contribution in [2.75, 3.05) is 13.1 Å². The third-order valence-corrected chi connectivity index (χ3v) is 3.92. The number of rotatable bonds is 6. The molecule has 0 bridgehead atoms. The molecule has 0 fully saturated rings. The summed E-state index contributed by atoms with van der Waals surface area (Å²) in [6.45, 7) is 13.2. The van der Waals surface area contributed by atoms with Crippen molar-refractivity contribution >= 4 is 11.6 Å². The lowest BCUT2D eigenvalue weighted by molar-refractivity contribution is 0.228. The van der Waals surface area contributed by atoms with Crippen LogP contribution in [0.4, 0.5) is 4.39 Å². The summed E-state index contributed by atoms with van der Waals surface area (Å²) < 4.78 is 13.2. The first-order valence-corrected chi connectivity index (χ1v) is 7.72. The number of hydrogen-bond donors (Lipinski definition) is 1. The first-order valence-electron chi connectivity index (χ1n) is 7.34. The molecule has 0 spiro atoms. The zero-order chi connectivity index (χ0) is 15.3. The van der Waals surface area contributed by atoms with Crippen LogP contribution in [-0.2, 0) is 6.42 Å². The summed E-state index contributed by atoms with van der Waals surface area (Å²) >= 11 is 5.87. The van der Waals surface area contributed by atoms with Gasteiger partial charge in [0, 0.05) is 0 Å². The van der Waals surface area contributed by atoms with Gasteiger partial charge in [-0.3, -0.25) is 0 Å². The quantitative estimate of drug-likeness (QED) is 0.785. The fourth-order valence-corrected chi connectivity index (χ4v) is 2.39. The predicted octanol–water partition coefficient (Wildman–Crippen LogP) is 4.93. The van der Waals surface area contributed by atoms with Gasteiger partial charge >= 0.3 is 0 Å². The van der Waals surface area contributed by atoms with E-state index in [1.54, 1.807) is 6.07 Å². The summed E-state index contributed by atoms with van der Waals surface area (Å²) in [4.78, 5) is 0. The van der Waals surface area contributed by atoms with E-state index in [4.69, 9.17) is 11.6 Å². The molecule has 0 radical (unpaired) electrons. The maximum atomic E-state index is 13.2. The van der Waals surface area contributed by atoms with Gasteiger partial charge in [0.2, 0.25) is 0 Å². The van der Waals surface area contributed by atoms with E-state index in [0.717, 1.165) is 25.1 Å². The van der Waals surface area contributed by atoms with Crippen molar-refractivity contribution in [3.8, 4) is 0 Å². The Morgan fingerprint density at radius 2 is 1.85 bits per heavy atom. The topological polar surface area (TPSA) is 12.0 Å². The van der Waals surface area contributed by atoms with Crippen LogP contribution >= 0.6 is 11.6 Å². The molecule has 3 heteroatoms. The standard InChI is InChI=1S/C17H27ClFN/c1-12(2)10-20-11-14(17(3,4)5)8-13-6-7-16(19)15(18)9-13/h6-7,9,12,14,20H,8,10-11H2,1-5H3. The van der Waals surface area contributed by atoms with Gasteiger partial charge in [-0.25, -0.2) is 4.39 Å². The lowest BCUT2D eigenvalue weighted by Crippen LogP contribution is -2.35. The van der Waals surface area contributed by atoms with Gasteiger partial charge in [-0.15, -0.1) is 0 Å². The molecular weight excluding hydrogens is 273 g/mol. The molecular formula is C17H27ClFN. The lowest BCUT2D eigenvalue weighted by atomic mass is 9.77. The van der Waals surface area contributed by atoms with Crippen molar-refractivity contribution in [1.82, 2.24) is 5.32 Å². The average molecular weight is 300 g/mol. The van der Waals surface area contributed by atoms with E-state index in [2.05, 4.69) is 39.9 Å². The second-order valence-corrected chi connectivity index (χ2v) is 7.47. The van der Waals surface area contributed by atoms with Crippen LogP contribution in [0.5, 0.6) is 0 Å². The van der Waals surface area contributed by atoms with Crippen LogP contribution in [0.3, 0.4) is 0 Å². The maximum Gasteiger partial charge on any atom is 0.141 e. The van der Waals surface area contributed by atoms with Gasteiger partial charge in [-0.1, -0.05) is 52.3 Å². The molecule has 0 amide bonds. The van der Waals surface area contributed by atoms with E-state index in [1.807, 2.05) is 6.07 Å². The number of nitrogens with one attached hydrogen (secondary N) is 1. The van der Waals surface area contributed by atoms with Gasteiger partial charge in [0.1, 0.15) is 5.82 Å². The molecule has 0 aliphatic heterocycles. The van der Waals surface area contributed by atoms with Crippen LogP contribution in [0.25, 0.3) is 0 Å². The number of benzene rings is 1. The van der Waals surface area contributed by atoms with Gasteiger partial charge in [-0.05, 0) is 54.5 Å². The first kappa shape index (κ1) is 17.5. The highest BCUT2D eigenvalue weighted by atomic mass is 35.5. The Morgan fingerprint density at radius 1 is 1.20 bits per heavy atom. The second-order valence-electron chi connectivity index (χ2n) is 7.07. The van der Waals surface area contributed by atoms with Gasteiger partial charge in [-0.2, -0.15) is 0 Å². The van der Waals surface area contributed by atoms with Crippen LogP contribution in [0, 0.1) is 23.1 Å². The summed E-state index contributed by atoms with van der Waals surface area (Å²) in [7, 11) is 0. The fraction of sp³-hybridized carbons (Fsp3) is 0.647. The van der Waals surface area contributed by atoms with Crippen molar-refractivity contribution in [3.63, 3.8) is 0 Å². The van der Waals surface area contributed by atoms with Gasteiger partial charge in [0.25, 0.3) is 0 Å². The summed E-state index contributed by atoms with van der Waals surface area (Å²) in [5.74, 6) is 0.791. The monoisotopic (exact) mass is 299 g/mol. The van der Waals surface area contributed by atoms with E-state index in [1.165, 1.54) is 6.07 Å². The van der Waals surface area contributed by atoms with E-state index in [9.17, 15) is 4.39 Å². The van der Waals surface area contributed by atoms with Crippen LogP contribution < -0.4 is 5.32 Å². The largest absolute Gasteiger partial charge is 0.316 e. The van der Waals surface area contributed by atoms with Crippen molar-refractivity contribution in [2.45, 2.75) is 41.0 Å². The van der Waals surface area contributed by atoms with Crippen molar-refractivity contribution < 1.29 is 4.39 Å². The van der Waals surface area contributed by atoms with Gasteiger partial charge in [0.15, 0.2) is 0 Å². The van der Waals surface area contributed by atoms with Crippen molar-refractivity contribution in [3.05, 3.63) is 34.6 Å². The van der Waals surface area contributed by atoms with Crippen LogP contribution in [-0.4, -0.2) is 13.1 Å². The molecule has 1 atom stereocenters. The highest BCUT2D eigenvalue weighted by Gasteiger charge is 2.24. The first-order chi connectivity index (χ1) is 9.20. The number of hydrogen-bond acceptors (Lipinski definition) is 1. The molecule has 0 saturated heterocycles. The van der Waals surface area contributed by atoms with Gasteiger partial charge in [0.05, 0.1) is 5.02 Å². The third-order valence-electron chi connectivity index (χ3n) is 3.63. The molecule has 1 rings (SSSR count). The molecule has 0 saturated carbocycles. The lowest BCUT2D eigenvalue weighted by Gasteiger charge is -2.31. The third kappa shape index (κ3) is 5.80. The minimum absolute atomic E-state index is 0.199. The second kappa shape index (κ2) is 7.42. The van der Waals surface area contributed by atoms with Crippen molar-refractivity contribution in [2.24, 2.45) is 17.3 Å². The predicted molar refractivity (Wildman–Crippen MR) is 85.8 cm³/mol. The fourth-order valence-electron chi connectivity index (χ4n) is 2.18. The smallest absolute Gasteiger partial charge is 0.141 e. The summed E-state index contributed by atoms with van der Waals surface area (Å²) in [6.07, 6.45) is 0.911. The molecule has 20 heavy (non-hydrogen) atoms. The van der Waals surface area contributed by atoms with Crippen molar-refractivity contribution in [1.29, 1.82) is 0 Å². The normalized spacial score (nSPS) is 13.8. The van der Waals surface area contributed by atoms with E-state index in [-0.39, 0.29) is 16.3 Å². The minimum atomic E-state index is -0.347. The maximum absolute atomic E-state index is 13.2. The molecule has 1 aromatic rings. The zero-order valence-electron chi connectivity index (χ0n) is 13.3. The van der Waals surface area contributed by atoms with Gasteiger partial charge < -0.3 is 5.32 Å². The molecule has 0 aliphatic carbocycles. The summed E-state index contributed by atoms with van der Waals surface area (Å²) in [5.41, 5.74) is 1.30. The highest BCUT2D eigenvalue weighted by Crippen LogP contribution is 2.29. The average Bonchev–Trinajstić information content (AvgIpc) is 2.31. The molecule has 1 aromatic carbocycles. The highest BCUT2D eigenvalue weighted by molar-refractivity contribution is 6.30. The molecule has 0 aliphatic rings. The Morgan fingerprint density at radius 3 is 2.35 bits per heavy atom. The van der Waals surface area contributed by atoms with Crippen LogP contribution in [0.1, 0.15) is 40.2 Å². The Hall–Kier alpha value is -0.600. The number of halogens is 2. The van der Waals surface area contributed by atoms with Crippen LogP contribution in [0.15, 0.2) is 18.2 Å². The Balaban J connectivity index is 2.71. The summed E-state index contributed by atoms with van der Waals surface area (Å²) in [5, 5.41) is 3.74. The van der Waals surface area contributed by atoms with E-state index < -0.39 is 0 Å². The molecule has 114 valence electrons. The minimum Gasteiger partial charge on any atom is -0.316 e.